The van der Waals surface area contributed by atoms with Gasteiger partial charge in [-0.15, -0.1) is 0 Å². The molecule has 5 nitrogen and oxygen atoms in total. The summed E-state index contributed by atoms with van der Waals surface area (Å²) in [5.74, 6) is 1.03. The number of alkyl halides is 3. The van der Waals surface area contributed by atoms with Crippen LogP contribution in [0, 0.1) is 5.92 Å². The van der Waals surface area contributed by atoms with Crippen LogP contribution in [0.1, 0.15) is 25.0 Å². The number of halogens is 3. The molecule has 2 aromatic rings. The normalized spacial score (nSPS) is 13.4. The van der Waals surface area contributed by atoms with Crippen LogP contribution in [0.5, 0.6) is 0 Å². The number of hydrogen-bond donors (Lipinski definition) is 2. The molecule has 1 atom stereocenters. The van der Waals surface area contributed by atoms with E-state index in [1.807, 2.05) is 23.9 Å². The molecule has 0 aliphatic carbocycles. The van der Waals surface area contributed by atoms with Gasteiger partial charge in [-0.05, 0) is 43.0 Å². The fraction of sp³-hybridized carbons (Fsp3) is 0.474. The van der Waals surface area contributed by atoms with Gasteiger partial charge in [0.25, 0.3) is 0 Å². The first-order valence-electron chi connectivity index (χ1n) is 9.04. The minimum Gasteiger partial charge on any atom is -0.357 e. The monoisotopic (exact) mass is 381 g/mol. The highest BCUT2D eigenvalue weighted by atomic mass is 19.4. The first kappa shape index (κ1) is 20.8. The number of nitrogens with one attached hydrogen (secondary N) is 2. The van der Waals surface area contributed by atoms with Gasteiger partial charge in [0.15, 0.2) is 5.96 Å². The van der Waals surface area contributed by atoms with Crippen molar-refractivity contribution in [1.29, 1.82) is 0 Å². The van der Waals surface area contributed by atoms with Crippen molar-refractivity contribution < 1.29 is 13.2 Å². The molecule has 0 amide bonds. The van der Waals surface area contributed by atoms with Crippen LogP contribution < -0.4 is 10.6 Å². The summed E-state index contributed by atoms with van der Waals surface area (Å²) in [6.07, 6.45) is -0.00348. The summed E-state index contributed by atoms with van der Waals surface area (Å²) in [7, 11) is 0. The van der Waals surface area contributed by atoms with E-state index in [0.717, 1.165) is 30.8 Å². The molecule has 0 fully saturated rings. The second-order valence-corrected chi connectivity index (χ2v) is 6.42. The van der Waals surface area contributed by atoms with Crippen LogP contribution in [0.3, 0.4) is 0 Å². The molecule has 0 spiro atoms. The molecule has 0 aliphatic rings. The van der Waals surface area contributed by atoms with Gasteiger partial charge in [-0.3, -0.25) is 9.67 Å². The van der Waals surface area contributed by atoms with Crippen molar-refractivity contribution in [2.45, 2.75) is 33.0 Å². The van der Waals surface area contributed by atoms with Gasteiger partial charge in [0.2, 0.25) is 0 Å². The van der Waals surface area contributed by atoms with Gasteiger partial charge in [0.1, 0.15) is 0 Å². The average molecular weight is 381 g/mol. The summed E-state index contributed by atoms with van der Waals surface area (Å²) in [4.78, 5) is 4.58. The Morgan fingerprint density at radius 1 is 1.22 bits per heavy atom. The van der Waals surface area contributed by atoms with E-state index in [0.29, 0.717) is 31.4 Å². The number of hydrogen-bond acceptors (Lipinski definition) is 2. The minimum atomic E-state index is -4.30. The molecule has 27 heavy (non-hydrogen) atoms. The zero-order chi connectivity index (χ0) is 19.7. The summed E-state index contributed by atoms with van der Waals surface area (Å²) in [6.45, 7) is 6.86. The maximum Gasteiger partial charge on any atom is 0.416 e. The third kappa shape index (κ3) is 7.32. The summed E-state index contributed by atoms with van der Waals surface area (Å²) < 4.78 is 39.6. The van der Waals surface area contributed by atoms with Crippen molar-refractivity contribution in [1.82, 2.24) is 20.4 Å². The van der Waals surface area contributed by atoms with Gasteiger partial charge in [0, 0.05) is 38.6 Å². The van der Waals surface area contributed by atoms with Crippen LogP contribution in [0.2, 0.25) is 0 Å². The van der Waals surface area contributed by atoms with Crippen molar-refractivity contribution >= 4 is 5.96 Å². The highest BCUT2D eigenvalue weighted by Gasteiger charge is 2.29. The molecular weight excluding hydrogens is 355 g/mol. The van der Waals surface area contributed by atoms with Gasteiger partial charge in [-0.25, -0.2) is 0 Å². The third-order valence-corrected chi connectivity index (χ3v) is 3.95. The Bertz CT molecular complexity index is 693. The Labute approximate surface area is 157 Å². The Hall–Kier alpha value is -2.51. The second-order valence-electron chi connectivity index (χ2n) is 6.42. The highest BCUT2D eigenvalue weighted by Crippen LogP contribution is 2.29. The van der Waals surface area contributed by atoms with Gasteiger partial charge < -0.3 is 10.6 Å². The molecule has 0 saturated heterocycles. The lowest BCUT2D eigenvalue weighted by Gasteiger charge is -2.14. The molecule has 2 rings (SSSR count). The van der Waals surface area contributed by atoms with E-state index >= 15 is 0 Å². The quantitative estimate of drug-likeness (QED) is 0.545. The Balaban J connectivity index is 1.81. The van der Waals surface area contributed by atoms with Crippen LogP contribution in [-0.4, -0.2) is 35.4 Å². The molecule has 0 radical (unpaired) electrons. The molecule has 148 valence electrons. The predicted molar refractivity (Wildman–Crippen MR) is 101 cm³/mol. The van der Waals surface area contributed by atoms with Gasteiger partial charge in [0.05, 0.1) is 5.56 Å². The molecule has 0 saturated carbocycles. The average Bonchev–Trinajstić information content (AvgIpc) is 3.12. The molecule has 1 aromatic carbocycles. The van der Waals surface area contributed by atoms with E-state index in [2.05, 4.69) is 27.6 Å². The van der Waals surface area contributed by atoms with E-state index in [9.17, 15) is 13.2 Å². The zero-order valence-corrected chi connectivity index (χ0v) is 15.6. The SMILES string of the molecule is CCNC(=NCC(C)Cn1cccn1)NCCc1ccc(C(F)(F)F)cc1. The molecule has 1 heterocycles. The van der Waals surface area contributed by atoms with Crippen LogP contribution in [0.15, 0.2) is 47.7 Å². The smallest absolute Gasteiger partial charge is 0.357 e. The molecular formula is C19H26F3N5. The molecule has 0 aliphatic heterocycles. The lowest BCUT2D eigenvalue weighted by Crippen LogP contribution is -2.38. The van der Waals surface area contributed by atoms with E-state index in [4.69, 9.17) is 0 Å². The van der Waals surface area contributed by atoms with Crippen LogP contribution >= 0.6 is 0 Å². The molecule has 1 unspecified atom stereocenters. The largest absolute Gasteiger partial charge is 0.416 e. The number of aromatic nitrogens is 2. The minimum absolute atomic E-state index is 0.329. The van der Waals surface area contributed by atoms with Crippen LogP contribution in [0.25, 0.3) is 0 Å². The highest BCUT2D eigenvalue weighted by molar-refractivity contribution is 5.79. The first-order chi connectivity index (χ1) is 12.9. The van der Waals surface area contributed by atoms with Gasteiger partial charge >= 0.3 is 6.18 Å². The summed E-state index contributed by atoms with van der Waals surface area (Å²) in [5, 5.41) is 10.6. The second kappa shape index (κ2) is 9.99. The Morgan fingerprint density at radius 3 is 2.56 bits per heavy atom. The van der Waals surface area contributed by atoms with Crippen molar-refractivity contribution in [2.75, 3.05) is 19.6 Å². The fourth-order valence-corrected chi connectivity index (χ4v) is 2.56. The number of rotatable bonds is 8. The zero-order valence-electron chi connectivity index (χ0n) is 15.6. The maximum atomic E-state index is 12.6. The van der Waals surface area contributed by atoms with E-state index in [1.54, 1.807) is 6.20 Å². The molecule has 2 N–H and O–H groups in total. The fourth-order valence-electron chi connectivity index (χ4n) is 2.56. The standard InChI is InChI=1S/C19H26F3N5/c1-3-23-18(25-13-15(2)14-27-12-4-10-26-27)24-11-9-16-5-7-17(8-6-16)19(20,21)22/h4-8,10,12,15H,3,9,11,13-14H2,1-2H3,(H2,23,24,25). The number of guanidine groups is 1. The molecule has 0 bridgehead atoms. The topological polar surface area (TPSA) is 54.2 Å². The lowest BCUT2D eigenvalue weighted by atomic mass is 10.1. The number of benzene rings is 1. The van der Waals surface area contributed by atoms with E-state index < -0.39 is 11.7 Å². The van der Waals surface area contributed by atoms with Crippen molar-refractivity contribution in [2.24, 2.45) is 10.9 Å². The van der Waals surface area contributed by atoms with E-state index in [-0.39, 0.29) is 0 Å². The number of aliphatic imine (C=N–C) groups is 1. The van der Waals surface area contributed by atoms with Gasteiger partial charge in [-0.2, -0.15) is 18.3 Å². The summed E-state index contributed by atoms with van der Waals surface area (Å²) in [6, 6.07) is 7.15. The summed E-state index contributed by atoms with van der Waals surface area (Å²) >= 11 is 0. The Morgan fingerprint density at radius 2 is 1.96 bits per heavy atom. The van der Waals surface area contributed by atoms with Crippen molar-refractivity contribution in [3.63, 3.8) is 0 Å². The van der Waals surface area contributed by atoms with Crippen LogP contribution in [-0.2, 0) is 19.1 Å². The van der Waals surface area contributed by atoms with Crippen molar-refractivity contribution in [3.8, 4) is 0 Å². The lowest BCUT2D eigenvalue weighted by molar-refractivity contribution is -0.137. The third-order valence-electron chi connectivity index (χ3n) is 3.95. The Kier molecular flexibility index (Phi) is 7.69. The van der Waals surface area contributed by atoms with Crippen LogP contribution in [0.4, 0.5) is 13.2 Å². The first-order valence-corrected chi connectivity index (χ1v) is 9.04. The van der Waals surface area contributed by atoms with Gasteiger partial charge in [-0.1, -0.05) is 19.1 Å². The summed E-state index contributed by atoms with van der Waals surface area (Å²) in [5.41, 5.74) is 0.221. The van der Waals surface area contributed by atoms with Crippen molar-refractivity contribution in [3.05, 3.63) is 53.9 Å². The predicted octanol–water partition coefficient (Wildman–Crippen LogP) is 3.34. The maximum absolute atomic E-state index is 12.6. The van der Waals surface area contributed by atoms with E-state index in [1.165, 1.54) is 12.1 Å². The number of nitrogens with zero attached hydrogens (tertiary/aromatic N) is 3. The molecule has 8 heteroatoms. The molecule has 1 aromatic heterocycles.